The van der Waals surface area contributed by atoms with Crippen LogP contribution >= 0.6 is 0 Å². The highest BCUT2D eigenvalue weighted by Crippen LogP contribution is 2.28. The highest BCUT2D eigenvalue weighted by atomic mass is 16.5. The van der Waals surface area contributed by atoms with Gasteiger partial charge in [-0.25, -0.2) is 14.8 Å². The van der Waals surface area contributed by atoms with Gasteiger partial charge in [0, 0.05) is 5.69 Å². The molecule has 0 unspecified atom stereocenters. The van der Waals surface area contributed by atoms with Gasteiger partial charge in [0.15, 0.2) is 5.82 Å². The first kappa shape index (κ1) is 14.1. The van der Waals surface area contributed by atoms with Crippen LogP contribution in [0, 0.1) is 6.92 Å². The lowest BCUT2D eigenvalue weighted by Crippen LogP contribution is -2.06. The minimum absolute atomic E-state index is 0.367. The van der Waals surface area contributed by atoms with Crippen LogP contribution in [-0.2, 0) is 4.74 Å². The summed E-state index contributed by atoms with van der Waals surface area (Å²) in [4.78, 5) is 24.0. The van der Waals surface area contributed by atoms with Crippen LogP contribution in [0.15, 0.2) is 30.3 Å². The lowest BCUT2D eigenvalue weighted by Gasteiger charge is -2.05. The molecular formula is C16H15N3O3. The van der Waals surface area contributed by atoms with Crippen molar-refractivity contribution in [2.24, 2.45) is 0 Å². The van der Waals surface area contributed by atoms with E-state index in [2.05, 4.69) is 15.0 Å². The second-order valence-electron chi connectivity index (χ2n) is 4.78. The Labute approximate surface area is 127 Å². The number of ether oxygens (including phenoxy) is 2. The normalized spacial score (nSPS) is 10.7. The summed E-state index contributed by atoms with van der Waals surface area (Å²) in [5.41, 5.74) is 3.12. The average molecular weight is 297 g/mol. The minimum atomic E-state index is -0.449. The van der Waals surface area contributed by atoms with Gasteiger partial charge in [-0.15, -0.1) is 0 Å². The van der Waals surface area contributed by atoms with E-state index in [0.29, 0.717) is 28.3 Å². The van der Waals surface area contributed by atoms with Gasteiger partial charge in [-0.3, -0.25) is 0 Å². The van der Waals surface area contributed by atoms with Gasteiger partial charge in [-0.05, 0) is 31.2 Å². The number of fused-ring (bicyclic) bond motifs is 1. The van der Waals surface area contributed by atoms with Crippen molar-refractivity contribution in [3.8, 4) is 17.3 Å². The van der Waals surface area contributed by atoms with Crippen molar-refractivity contribution in [1.82, 2.24) is 15.0 Å². The van der Waals surface area contributed by atoms with E-state index in [0.717, 1.165) is 11.2 Å². The number of aromatic amines is 1. The number of nitrogens with one attached hydrogen (secondary N) is 1. The lowest BCUT2D eigenvalue weighted by atomic mass is 10.1. The second kappa shape index (κ2) is 5.48. The second-order valence-corrected chi connectivity index (χ2v) is 4.78. The van der Waals surface area contributed by atoms with Crippen LogP contribution in [-0.4, -0.2) is 35.1 Å². The number of benzene rings is 1. The summed E-state index contributed by atoms with van der Waals surface area (Å²) in [5, 5.41) is 0. The van der Waals surface area contributed by atoms with Crippen LogP contribution in [0.3, 0.4) is 0 Å². The summed E-state index contributed by atoms with van der Waals surface area (Å²) in [6.07, 6.45) is 0. The Morgan fingerprint density at radius 2 is 1.95 bits per heavy atom. The highest BCUT2D eigenvalue weighted by molar-refractivity contribution is 5.96. The third-order valence-electron chi connectivity index (χ3n) is 3.36. The third-order valence-corrected chi connectivity index (χ3v) is 3.36. The maximum absolute atomic E-state index is 11.9. The Hall–Kier alpha value is -2.89. The standard InChI is InChI=1S/C16H15N3O3/c1-9-7-8-10(16(20)22-3)13(17-9)15-18-11-5-4-6-12(21-2)14(11)19-15/h4-8H,1-3H3,(H,18,19). The number of hydrogen-bond donors (Lipinski definition) is 1. The molecule has 0 atom stereocenters. The van der Waals surface area contributed by atoms with Crippen LogP contribution < -0.4 is 4.74 Å². The number of carbonyl (C=O) groups excluding carboxylic acids is 1. The SMILES string of the molecule is COC(=O)c1ccc(C)nc1-c1nc2c(OC)cccc2[nH]1. The topological polar surface area (TPSA) is 77.1 Å². The molecule has 0 aliphatic heterocycles. The number of aryl methyl sites for hydroxylation is 1. The summed E-state index contributed by atoms with van der Waals surface area (Å²) < 4.78 is 10.1. The fourth-order valence-corrected chi connectivity index (χ4v) is 2.29. The summed E-state index contributed by atoms with van der Waals surface area (Å²) in [7, 11) is 2.93. The van der Waals surface area contributed by atoms with Crippen LogP contribution in [0.1, 0.15) is 16.1 Å². The first-order valence-corrected chi connectivity index (χ1v) is 6.73. The molecule has 3 rings (SSSR count). The summed E-state index contributed by atoms with van der Waals surface area (Å²) >= 11 is 0. The van der Waals surface area contributed by atoms with E-state index >= 15 is 0 Å². The molecule has 22 heavy (non-hydrogen) atoms. The summed E-state index contributed by atoms with van der Waals surface area (Å²) in [5.74, 6) is 0.714. The molecule has 0 saturated heterocycles. The van der Waals surface area contributed by atoms with Crippen molar-refractivity contribution in [3.05, 3.63) is 41.6 Å². The predicted molar refractivity (Wildman–Crippen MR) is 82.0 cm³/mol. The number of pyridine rings is 1. The lowest BCUT2D eigenvalue weighted by molar-refractivity contribution is 0.0601. The van der Waals surface area contributed by atoms with Gasteiger partial charge in [0.05, 0.1) is 25.3 Å². The van der Waals surface area contributed by atoms with Gasteiger partial charge < -0.3 is 14.5 Å². The number of para-hydroxylation sites is 1. The van der Waals surface area contributed by atoms with Crippen molar-refractivity contribution in [3.63, 3.8) is 0 Å². The number of imidazole rings is 1. The third kappa shape index (κ3) is 2.28. The molecule has 0 saturated carbocycles. The van der Waals surface area contributed by atoms with Gasteiger partial charge in [0.1, 0.15) is 17.0 Å². The molecule has 2 aromatic heterocycles. The summed E-state index contributed by atoms with van der Waals surface area (Å²) in [6, 6.07) is 9.04. The first-order valence-electron chi connectivity index (χ1n) is 6.73. The molecule has 1 N–H and O–H groups in total. The monoisotopic (exact) mass is 297 g/mol. The number of hydrogen-bond acceptors (Lipinski definition) is 5. The maximum Gasteiger partial charge on any atom is 0.340 e. The van der Waals surface area contributed by atoms with E-state index in [1.807, 2.05) is 25.1 Å². The first-order chi connectivity index (χ1) is 10.6. The Morgan fingerprint density at radius 1 is 1.14 bits per heavy atom. The smallest absolute Gasteiger partial charge is 0.340 e. The van der Waals surface area contributed by atoms with E-state index in [1.165, 1.54) is 7.11 Å². The molecule has 0 bridgehead atoms. The molecule has 3 aromatic rings. The molecule has 2 heterocycles. The van der Waals surface area contributed by atoms with E-state index in [9.17, 15) is 4.79 Å². The largest absolute Gasteiger partial charge is 0.494 e. The van der Waals surface area contributed by atoms with Crippen molar-refractivity contribution >= 4 is 17.0 Å². The fourth-order valence-electron chi connectivity index (χ4n) is 2.29. The van der Waals surface area contributed by atoms with Gasteiger partial charge in [-0.1, -0.05) is 6.07 Å². The molecule has 6 heteroatoms. The molecular weight excluding hydrogens is 282 g/mol. The molecule has 0 fully saturated rings. The van der Waals surface area contributed by atoms with Gasteiger partial charge in [-0.2, -0.15) is 0 Å². The van der Waals surface area contributed by atoms with Crippen molar-refractivity contribution in [2.75, 3.05) is 14.2 Å². The number of aromatic nitrogens is 3. The van der Waals surface area contributed by atoms with Gasteiger partial charge >= 0.3 is 5.97 Å². The maximum atomic E-state index is 11.9. The Bertz CT molecular complexity index is 855. The number of esters is 1. The van der Waals surface area contributed by atoms with E-state index < -0.39 is 5.97 Å². The molecule has 1 aromatic carbocycles. The van der Waals surface area contributed by atoms with Crippen LogP contribution in [0.5, 0.6) is 5.75 Å². The zero-order valence-electron chi connectivity index (χ0n) is 12.5. The Balaban J connectivity index is 2.23. The molecule has 0 aliphatic carbocycles. The zero-order chi connectivity index (χ0) is 15.7. The van der Waals surface area contributed by atoms with Crippen LogP contribution in [0.2, 0.25) is 0 Å². The van der Waals surface area contributed by atoms with E-state index in [-0.39, 0.29) is 0 Å². The Kier molecular flexibility index (Phi) is 3.50. The van der Waals surface area contributed by atoms with Crippen LogP contribution in [0.4, 0.5) is 0 Å². The van der Waals surface area contributed by atoms with E-state index in [1.54, 1.807) is 19.2 Å². The Morgan fingerprint density at radius 3 is 2.68 bits per heavy atom. The van der Waals surface area contributed by atoms with Crippen molar-refractivity contribution < 1.29 is 14.3 Å². The molecule has 0 spiro atoms. The molecule has 6 nitrogen and oxygen atoms in total. The van der Waals surface area contributed by atoms with Gasteiger partial charge in [0.2, 0.25) is 0 Å². The highest BCUT2D eigenvalue weighted by Gasteiger charge is 2.18. The fraction of sp³-hybridized carbons (Fsp3) is 0.188. The van der Waals surface area contributed by atoms with Crippen LogP contribution in [0.25, 0.3) is 22.6 Å². The quantitative estimate of drug-likeness (QED) is 0.752. The minimum Gasteiger partial charge on any atom is -0.494 e. The summed E-state index contributed by atoms with van der Waals surface area (Å²) in [6.45, 7) is 1.85. The molecule has 0 aliphatic rings. The van der Waals surface area contributed by atoms with Crippen molar-refractivity contribution in [1.29, 1.82) is 0 Å². The number of carbonyl (C=O) groups is 1. The molecule has 112 valence electrons. The van der Waals surface area contributed by atoms with Crippen molar-refractivity contribution in [2.45, 2.75) is 6.92 Å². The number of H-pyrrole nitrogens is 1. The van der Waals surface area contributed by atoms with Gasteiger partial charge in [0.25, 0.3) is 0 Å². The number of rotatable bonds is 3. The number of nitrogens with zero attached hydrogens (tertiary/aromatic N) is 2. The average Bonchev–Trinajstić information content (AvgIpc) is 2.98. The predicted octanol–water partition coefficient (Wildman–Crippen LogP) is 2.73. The number of methoxy groups -OCH3 is 2. The molecule has 0 radical (unpaired) electrons. The zero-order valence-corrected chi connectivity index (χ0v) is 12.5. The molecule has 0 amide bonds. The van der Waals surface area contributed by atoms with E-state index in [4.69, 9.17) is 9.47 Å².